The lowest BCUT2D eigenvalue weighted by atomic mass is 9.73. The van der Waals surface area contributed by atoms with Crippen molar-refractivity contribution in [3.63, 3.8) is 0 Å². The molecule has 1 spiro atoms. The van der Waals surface area contributed by atoms with Gasteiger partial charge in [0.1, 0.15) is 17.0 Å². The average molecular weight is 490 g/mol. The third-order valence-corrected chi connectivity index (χ3v) is 7.49. The molecule has 1 amide bonds. The van der Waals surface area contributed by atoms with Gasteiger partial charge in [-0.1, -0.05) is 36.4 Å². The standard InChI is InChI=1S/C32H31N3O2/c1-5-33-27-18-29-25(16-20(27)3)32(26-17-21(4)28(34-6-2)19-30(26)37-29)24-15-11-10-14-23(24)31(36)35(32)22-12-8-7-9-13-22/h7-19,33-34H,5-6H2,1-4H3. The van der Waals surface area contributed by atoms with Gasteiger partial charge in [0.2, 0.25) is 0 Å². The molecule has 0 saturated heterocycles. The maximum Gasteiger partial charge on any atom is 0.260 e. The zero-order valence-electron chi connectivity index (χ0n) is 21.7. The summed E-state index contributed by atoms with van der Waals surface area (Å²) in [4.78, 5) is 16.2. The van der Waals surface area contributed by atoms with E-state index in [0.29, 0.717) is 5.56 Å². The summed E-state index contributed by atoms with van der Waals surface area (Å²) in [6.45, 7) is 10.0. The second-order valence-corrected chi connectivity index (χ2v) is 9.72. The fraction of sp³-hybridized carbons (Fsp3) is 0.219. The van der Waals surface area contributed by atoms with Crippen LogP contribution in [0.15, 0.2) is 78.9 Å². The van der Waals surface area contributed by atoms with Gasteiger partial charge in [-0.2, -0.15) is 0 Å². The van der Waals surface area contributed by atoms with Gasteiger partial charge in [-0.05, 0) is 69.2 Å². The number of aryl methyl sites for hydroxylation is 2. The minimum absolute atomic E-state index is 0.0116. The Balaban J connectivity index is 1.76. The lowest BCUT2D eigenvalue weighted by Crippen LogP contribution is -2.47. The molecule has 0 atom stereocenters. The largest absolute Gasteiger partial charge is 0.456 e. The molecule has 6 rings (SSSR count). The quantitative estimate of drug-likeness (QED) is 0.311. The lowest BCUT2D eigenvalue weighted by molar-refractivity contribution is 0.0985. The van der Waals surface area contributed by atoms with Crippen LogP contribution in [-0.4, -0.2) is 19.0 Å². The highest BCUT2D eigenvalue weighted by Crippen LogP contribution is 2.59. The van der Waals surface area contributed by atoms with E-state index in [0.717, 1.165) is 69.5 Å². The molecule has 0 radical (unpaired) electrons. The van der Waals surface area contributed by atoms with Crippen LogP contribution in [0.3, 0.4) is 0 Å². The highest BCUT2D eigenvalue weighted by Gasteiger charge is 2.57. The second kappa shape index (κ2) is 8.70. The second-order valence-electron chi connectivity index (χ2n) is 9.72. The summed E-state index contributed by atoms with van der Waals surface area (Å²) in [7, 11) is 0. The number of carbonyl (C=O) groups is 1. The Morgan fingerprint density at radius 1 is 0.730 bits per heavy atom. The molecule has 2 aliphatic heterocycles. The van der Waals surface area contributed by atoms with Gasteiger partial charge in [-0.25, -0.2) is 0 Å². The van der Waals surface area contributed by atoms with Crippen molar-refractivity contribution in [1.82, 2.24) is 0 Å². The average Bonchev–Trinajstić information content (AvgIpc) is 3.16. The van der Waals surface area contributed by atoms with Crippen molar-refractivity contribution in [1.29, 1.82) is 0 Å². The summed E-state index contributed by atoms with van der Waals surface area (Å²) in [5.74, 6) is 1.50. The number of rotatable bonds is 5. The van der Waals surface area contributed by atoms with E-state index in [9.17, 15) is 4.79 Å². The molecule has 4 aromatic rings. The van der Waals surface area contributed by atoms with Crippen LogP contribution in [0.4, 0.5) is 17.1 Å². The normalized spacial score (nSPS) is 14.6. The fourth-order valence-corrected chi connectivity index (χ4v) is 5.93. The molecular weight excluding hydrogens is 458 g/mol. The molecule has 2 aliphatic rings. The lowest BCUT2D eigenvalue weighted by Gasteiger charge is -2.45. The van der Waals surface area contributed by atoms with E-state index in [-0.39, 0.29) is 5.91 Å². The molecule has 5 nitrogen and oxygen atoms in total. The molecule has 0 aromatic heterocycles. The molecule has 2 N–H and O–H groups in total. The molecule has 0 bridgehead atoms. The van der Waals surface area contributed by atoms with Crippen molar-refractivity contribution in [2.24, 2.45) is 0 Å². The Bertz CT molecular complexity index is 1470. The smallest absolute Gasteiger partial charge is 0.260 e. The zero-order chi connectivity index (χ0) is 25.7. The summed E-state index contributed by atoms with van der Waals surface area (Å²) < 4.78 is 6.66. The van der Waals surface area contributed by atoms with Gasteiger partial charge in [-0.3, -0.25) is 9.69 Å². The predicted octanol–water partition coefficient (Wildman–Crippen LogP) is 7.23. The number of para-hydroxylation sites is 1. The van der Waals surface area contributed by atoms with Gasteiger partial charge in [0.15, 0.2) is 0 Å². The number of ether oxygens (including phenoxy) is 1. The summed E-state index contributed by atoms with van der Waals surface area (Å²) in [5.41, 5.74) is 7.88. The first-order valence-corrected chi connectivity index (χ1v) is 13.0. The first-order chi connectivity index (χ1) is 18.0. The van der Waals surface area contributed by atoms with Gasteiger partial charge in [-0.15, -0.1) is 0 Å². The monoisotopic (exact) mass is 489 g/mol. The summed E-state index contributed by atoms with van der Waals surface area (Å²) in [6.07, 6.45) is 0. The van der Waals surface area contributed by atoms with E-state index in [1.165, 1.54) is 0 Å². The van der Waals surface area contributed by atoms with Crippen LogP contribution in [0.2, 0.25) is 0 Å². The fourth-order valence-electron chi connectivity index (χ4n) is 5.93. The summed E-state index contributed by atoms with van der Waals surface area (Å²) in [5, 5.41) is 6.94. The van der Waals surface area contributed by atoms with Gasteiger partial charge in [0.25, 0.3) is 5.91 Å². The third-order valence-electron chi connectivity index (χ3n) is 7.49. The molecule has 2 heterocycles. The molecule has 0 fully saturated rings. The number of anilines is 3. The van der Waals surface area contributed by atoms with E-state index in [1.807, 2.05) is 53.4 Å². The molecule has 0 aliphatic carbocycles. The van der Waals surface area contributed by atoms with Crippen LogP contribution in [0, 0.1) is 13.8 Å². The van der Waals surface area contributed by atoms with E-state index in [1.54, 1.807) is 0 Å². The van der Waals surface area contributed by atoms with E-state index >= 15 is 0 Å². The van der Waals surface area contributed by atoms with Crippen LogP contribution in [0.25, 0.3) is 0 Å². The number of fused-ring (bicyclic) bond motifs is 6. The van der Waals surface area contributed by atoms with Gasteiger partial charge in [0.05, 0.1) is 0 Å². The molecular formula is C32H31N3O2. The van der Waals surface area contributed by atoms with Gasteiger partial charge < -0.3 is 15.4 Å². The molecule has 37 heavy (non-hydrogen) atoms. The Morgan fingerprint density at radius 2 is 1.27 bits per heavy atom. The first-order valence-electron chi connectivity index (χ1n) is 13.0. The van der Waals surface area contributed by atoms with Crippen molar-refractivity contribution >= 4 is 23.0 Å². The minimum atomic E-state index is -0.872. The molecule has 0 unspecified atom stereocenters. The van der Waals surface area contributed by atoms with Crippen LogP contribution >= 0.6 is 0 Å². The van der Waals surface area contributed by atoms with Gasteiger partial charge in [0, 0.05) is 64.5 Å². The number of amides is 1. The molecule has 4 aromatic carbocycles. The molecule has 5 heteroatoms. The molecule has 186 valence electrons. The number of nitrogens with zero attached hydrogens (tertiary/aromatic N) is 1. The Labute approximate surface area is 218 Å². The summed E-state index contributed by atoms with van der Waals surface area (Å²) in [6, 6.07) is 26.5. The number of carbonyl (C=O) groups excluding carboxylic acids is 1. The Hall–Kier alpha value is -4.25. The Kier molecular flexibility index (Phi) is 5.45. The van der Waals surface area contributed by atoms with Crippen molar-refractivity contribution in [3.05, 3.63) is 112 Å². The zero-order valence-corrected chi connectivity index (χ0v) is 21.7. The van der Waals surface area contributed by atoms with E-state index in [4.69, 9.17) is 4.74 Å². The van der Waals surface area contributed by atoms with Crippen LogP contribution in [0.5, 0.6) is 11.5 Å². The van der Waals surface area contributed by atoms with Crippen LogP contribution < -0.4 is 20.3 Å². The summed E-state index contributed by atoms with van der Waals surface area (Å²) >= 11 is 0. The molecule has 0 saturated carbocycles. The van der Waals surface area contributed by atoms with E-state index in [2.05, 4.69) is 68.7 Å². The van der Waals surface area contributed by atoms with Crippen molar-refractivity contribution in [2.45, 2.75) is 33.2 Å². The third kappa shape index (κ3) is 3.27. The van der Waals surface area contributed by atoms with Crippen molar-refractivity contribution in [2.75, 3.05) is 28.6 Å². The first kappa shape index (κ1) is 23.2. The highest BCUT2D eigenvalue weighted by molar-refractivity contribution is 6.14. The van der Waals surface area contributed by atoms with Crippen LogP contribution in [0.1, 0.15) is 52.0 Å². The number of benzene rings is 4. The minimum Gasteiger partial charge on any atom is -0.456 e. The highest BCUT2D eigenvalue weighted by atomic mass is 16.5. The Morgan fingerprint density at radius 3 is 1.84 bits per heavy atom. The van der Waals surface area contributed by atoms with Gasteiger partial charge >= 0.3 is 0 Å². The van der Waals surface area contributed by atoms with Crippen molar-refractivity contribution in [3.8, 4) is 11.5 Å². The SMILES string of the molecule is CCNc1cc2c(cc1C)C1(c3cc(C)c(NCC)cc3O2)c2ccccc2C(=O)N1c1ccccc1. The number of hydrogen-bond donors (Lipinski definition) is 2. The maximum atomic E-state index is 14.3. The number of nitrogens with one attached hydrogen (secondary N) is 2. The van der Waals surface area contributed by atoms with Crippen molar-refractivity contribution < 1.29 is 9.53 Å². The van der Waals surface area contributed by atoms with Crippen LogP contribution in [-0.2, 0) is 5.54 Å². The predicted molar refractivity (Wildman–Crippen MR) is 150 cm³/mol. The maximum absolute atomic E-state index is 14.3. The number of hydrogen-bond acceptors (Lipinski definition) is 4. The topological polar surface area (TPSA) is 53.6 Å². The van der Waals surface area contributed by atoms with E-state index < -0.39 is 5.54 Å².